The third-order valence-electron chi connectivity index (χ3n) is 6.03. The van der Waals surface area contributed by atoms with Gasteiger partial charge in [-0.05, 0) is 61.4 Å². The number of fused-ring (bicyclic) bond motifs is 1. The van der Waals surface area contributed by atoms with E-state index in [2.05, 4.69) is 32.8 Å². The molecule has 8 nitrogen and oxygen atoms in total. The summed E-state index contributed by atoms with van der Waals surface area (Å²) in [4.78, 5) is 16.5. The van der Waals surface area contributed by atoms with E-state index < -0.39 is 12.0 Å². The summed E-state index contributed by atoms with van der Waals surface area (Å²) in [6.45, 7) is 2.22. The minimum absolute atomic E-state index is 0.536. The van der Waals surface area contributed by atoms with Crippen molar-refractivity contribution in [1.82, 2.24) is 14.8 Å². The summed E-state index contributed by atoms with van der Waals surface area (Å²) in [7, 11) is 1.87. The van der Waals surface area contributed by atoms with Crippen LogP contribution in [0.1, 0.15) is 36.9 Å². The van der Waals surface area contributed by atoms with Crippen molar-refractivity contribution in [3.63, 3.8) is 0 Å². The molecule has 2 aromatic heterocycles. The van der Waals surface area contributed by atoms with Gasteiger partial charge >= 0.3 is 5.97 Å². The smallest absolute Gasteiger partial charge is 0.326 e. The number of hydrogen-bond acceptors (Lipinski definition) is 6. The molecule has 0 radical (unpaired) electrons. The van der Waals surface area contributed by atoms with Crippen LogP contribution in [-0.4, -0.2) is 51.6 Å². The standard InChI is InChI=1S/C26H33N5O3/c1-31-18-21(17-28-31)20-6-4-8-23(16-20)29-24(26(32)33)9-2-3-14-34-15-12-22-11-10-19-7-5-13-27-25(19)30-22/h4,6,8,10-11,16-18,24,29H,2-3,5,7,9,12-15H2,1H3,(H,27,30)(H,32,33). The second-order valence-corrected chi connectivity index (χ2v) is 8.72. The number of unbranched alkanes of at least 4 members (excludes halogenated alkanes) is 1. The van der Waals surface area contributed by atoms with E-state index in [4.69, 9.17) is 4.74 Å². The number of aryl methyl sites for hydroxylation is 2. The van der Waals surface area contributed by atoms with E-state index in [1.54, 1.807) is 10.9 Å². The maximum Gasteiger partial charge on any atom is 0.326 e. The zero-order valence-corrected chi connectivity index (χ0v) is 19.7. The molecule has 1 aromatic carbocycles. The van der Waals surface area contributed by atoms with E-state index in [-0.39, 0.29) is 0 Å². The SMILES string of the molecule is Cn1cc(-c2cccc(NC(CCCCOCCc3ccc4c(n3)NCCC4)C(=O)O)c2)cn1. The van der Waals surface area contributed by atoms with E-state index in [1.165, 1.54) is 5.56 Å². The molecule has 3 aromatic rings. The molecule has 8 heteroatoms. The average molecular weight is 464 g/mol. The Labute approximate surface area is 200 Å². The van der Waals surface area contributed by atoms with Crippen LogP contribution in [0.15, 0.2) is 48.8 Å². The molecule has 1 aliphatic heterocycles. The summed E-state index contributed by atoms with van der Waals surface area (Å²) in [5, 5.41) is 20.4. The molecule has 0 amide bonds. The molecule has 0 bridgehead atoms. The molecule has 3 heterocycles. The largest absolute Gasteiger partial charge is 0.480 e. The van der Waals surface area contributed by atoms with Gasteiger partial charge in [0.1, 0.15) is 11.9 Å². The number of carboxylic acid groups (broad SMARTS) is 1. The van der Waals surface area contributed by atoms with Gasteiger partial charge in [0.2, 0.25) is 0 Å². The highest BCUT2D eigenvalue weighted by Crippen LogP contribution is 2.23. The summed E-state index contributed by atoms with van der Waals surface area (Å²) in [5.74, 6) is 0.168. The Morgan fingerprint density at radius 2 is 2.15 bits per heavy atom. The quantitative estimate of drug-likeness (QED) is 0.347. The molecule has 1 atom stereocenters. The lowest BCUT2D eigenvalue weighted by Crippen LogP contribution is -2.29. The minimum Gasteiger partial charge on any atom is -0.480 e. The third-order valence-corrected chi connectivity index (χ3v) is 6.03. The molecule has 0 saturated heterocycles. The normalized spacial score (nSPS) is 13.7. The Kier molecular flexibility index (Phi) is 8.14. The Hall–Kier alpha value is -3.39. The molecule has 180 valence electrons. The Morgan fingerprint density at radius 1 is 1.24 bits per heavy atom. The van der Waals surface area contributed by atoms with Gasteiger partial charge in [-0.15, -0.1) is 0 Å². The first-order chi connectivity index (χ1) is 16.6. The van der Waals surface area contributed by atoms with Crippen LogP contribution in [0.5, 0.6) is 0 Å². The maximum absolute atomic E-state index is 11.8. The van der Waals surface area contributed by atoms with Gasteiger partial charge in [0.25, 0.3) is 0 Å². The second-order valence-electron chi connectivity index (χ2n) is 8.72. The van der Waals surface area contributed by atoms with Gasteiger partial charge in [-0.2, -0.15) is 5.10 Å². The number of aromatic nitrogens is 3. The van der Waals surface area contributed by atoms with Crippen LogP contribution in [0.2, 0.25) is 0 Å². The van der Waals surface area contributed by atoms with E-state index in [0.717, 1.165) is 67.0 Å². The number of aliphatic carboxylic acids is 1. The van der Waals surface area contributed by atoms with E-state index >= 15 is 0 Å². The van der Waals surface area contributed by atoms with Crippen LogP contribution in [0.4, 0.5) is 11.5 Å². The Morgan fingerprint density at radius 3 is 2.97 bits per heavy atom. The molecule has 0 aliphatic carbocycles. The van der Waals surface area contributed by atoms with Crippen LogP contribution >= 0.6 is 0 Å². The highest BCUT2D eigenvalue weighted by molar-refractivity contribution is 5.78. The molecule has 3 N–H and O–H groups in total. The Bertz CT molecular complexity index is 1100. The third kappa shape index (κ3) is 6.57. The maximum atomic E-state index is 11.8. The minimum atomic E-state index is -0.847. The molecule has 0 fully saturated rings. The number of hydrogen-bond donors (Lipinski definition) is 3. The number of carbonyl (C=O) groups is 1. The summed E-state index contributed by atoms with van der Waals surface area (Å²) in [6, 6.07) is 11.4. The van der Waals surface area contributed by atoms with Gasteiger partial charge in [-0.1, -0.05) is 18.2 Å². The number of benzene rings is 1. The Balaban J connectivity index is 1.17. The lowest BCUT2D eigenvalue weighted by atomic mass is 10.1. The van der Waals surface area contributed by atoms with Crippen LogP contribution < -0.4 is 10.6 Å². The molecular formula is C26H33N5O3. The molecular weight excluding hydrogens is 430 g/mol. The summed E-state index contributed by atoms with van der Waals surface area (Å²) < 4.78 is 7.52. The molecule has 1 unspecified atom stereocenters. The zero-order chi connectivity index (χ0) is 23.8. The predicted molar refractivity (Wildman–Crippen MR) is 133 cm³/mol. The molecule has 0 saturated carbocycles. The van der Waals surface area contributed by atoms with E-state index in [0.29, 0.717) is 19.6 Å². The van der Waals surface area contributed by atoms with E-state index in [9.17, 15) is 9.90 Å². The van der Waals surface area contributed by atoms with Crippen molar-refractivity contribution in [3.8, 4) is 11.1 Å². The second kappa shape index (κ2) is 11.7. The van der Waals surface area contributed by atoms with Crippen molar-refractivity contribution in [2.75, 3.05) is 30.4 Å². The topological polar surface area (TPSA) is 101 Å². The molecule has 34 heavy (non-hydrogen) atoms. The van der Waals surface area contributed by atoms with Crippen molar-refractivity contribution in [3.05, 3.63) is 60.0 Å². The average Bonchev–Trinajstić information content (AvgIpc) is 3.29. The van der Waals surface area contributed by atoms with Gasteiger partial charge in [0, 0.05) is 49.8 Å². The van der Waals surface area contributed by atoms with Crippen molar-refractivity contribution in [2.45, 2.75) is 44.6 Å². The van der Waals surface area contributed by atoms with Gasteiger partial charge in [0.05, 0.1) is 12.8 Å². The van der Waals surface area contributed by atoms with Gasteiger partial charge < -0.3 is 20.5 Å². The predicted octanol–water partition coefficient (Wildman–Crippen LogP) is 4.13. The van der Waals surface area contributed by atoms with Crippen LogP contribution in [-0.2, 0) is 29.4 Å². The lowest BCUT2D eigenvalue weighted by molar-refractivity contribution is -0.138. The fraction of sp³-hybridized carbons (Fsp3) is 0.423. The molecule has 0 spiro atoms. The van der Waals surface area contributed by atoms with Crippen molar-refractivity contribution in [2.24, 2.45) is 7.05 Å². The van der Waals surface area contributed by atoms with Crippen molar-refractivity contribution < 1.29 is 14.6 Å². The van der Waals surface area contributed by atoms with Gasteiger partial charge in [0.15, 0.2) is 0 Å². The fourth-order valence-electron chi connectivity index (χ4n) is 4.16. The fourth-order valence-corrected chi connectivity index (χ4v) is 4.16. The summed E-state index contributed by atoms with van der Waals surface area (Å²) in [5.41, 5.74) is 5.12. The number of carboxylic acids is 1. The summed E-state index contributed by atoms with van der Waals surface area (Å²) in [6.07, 6.45) is 8.89. The van der Waals surface area contributed by atoms with Gasteiger partial charge in [-0.25, -0.2) is 9.78 Å². The lowest BCUT2D eigenvalue weighted by Gasteiger charge is -2.17. The number of anilines is 2. The van der Waals surface area contributed by atoms with Crippen molar-refractivity contribution in [1.29, 1.82) is 0 Å². The van der Waals surface area contributed by atoms with Crippen LogP contribution in [0, 0.1) is 0 Å². The van der Waals surface area contributed by atoms with E-state index in [1.807, 2.05) is 37.5 Å². The first-order valence-electron chi connectivity index (χ1n) is 12.0. The highest BCUT2D eigenvalue weighted by Gasteiger charge is 2.17. The van der Waals surface area contributed by atoms with Crippen molar-refractivity contribution >= 4 is 17.5 Å². The molecule has 4 rings (SSSR count). The van der Waals surface area contributed by atoms with Gasteiger partial charge in [-0.3, -0.25) is 4.68 Å². The van der Waals surface area contributed by atoms with Crippen LogP contribution in [0.3, 0.4) is 0 Å². The van der Waals surface area contributed by atoms with Crippen LogP contribution in [0.25, 0.3) is 11.1 Å². The summed E-state index contributed by atoms with van der Waals surface area (Å²) >= 11 is 0. The molecule has 1 aliphatic rings. The zero-order valence-electron chi connectivity index (χ0n) is 19.7. The number of pyridine rings is 1. The number of nitrogens with one attached hydrogen (secondary N) is 2. The number of nitrogens with zero attached hydrogens (tertiary/aromatic N) is 3. The number of rotatable bonds is 12. The monoisotopic (exact) mass is 463 g/mol. The first-order valence-corrected chi connectivity index (χ1v) is 12.0. The number of ether oxygens (including phenoxy) is 1. The first kappa shape index (κ1) is 23.8. The highest BCUT2D eigenvalue weighted by atomic mass is 16.5.